The second-order valence-electron chi connectivity index (χ2n) is 4.83. The molecule has 21 heavy (non-hydrogen) atoms. The Morgan fingerprint density at radius 2 is 2.14 bits per heavy atom. The van der Waals surface area contributed by atoms with E-state index in [1.54, 1.807) is 0 Å². The predicted octanol–water partition coefficient (Wildman–Crippen LogP) is 1.05. The molecule has 0 amide bonds. The van der Waals surface area contributed by atoms with E-state index in [4.69, 9.17) is 5.11 Å². The summed E-state index contributed by atoms with van der Waals surface area (Å²) in [6, 6.07) is 0. The molecule has 3 rings (SSSR count). The van der Waals surface area contributed by atoms with Gasteiger partial charge in [0.2, 0.25) is 0 Å². The van der Waals surface area contributed by atoms with E-state index in [-0.39, 0.29) is 12.4 Å². The van der Waals surface area contributed by atoms with E-state index in [1.807, 2.05) is 0 Å². The molecule has 7 nitrogen and oxygen atoms in total. The van der Waals surface area contributed by atoms with Crippen molar-refractivity contribution >= 4 is 22.8 Å². The third-order valence-corrected chi connectivity index (χ3v) is 3.58. The van der Waals surface area contributed by atoms with Crippen LogP contribution in [0.15, 0.2) is 12.5 Å². The number of carboxylic acid groups (broad SMARTS) is 1. The van der Waals surface area contributed by atoms with Crippen LogP contribution in [0.4, 0.5) is 19.0 Å². The third-order valence-electron chi connectivity index (χ3n) is 3.58. The van der Waals surface area contributed by atoms with E-state index in [0.717, 1.165) is 0 Å². The van der Waals surface area contributed by atoms with E-state index in [0.29, 0.717) is 11.0 Å². The molecular weight excluding hydrogens is 291 g/mol. The molecule has 1 saturated heterocycles. The van der Waals surface area contributed by atoms with Crippen LogP contribution >= 0.6 is 0 Å². The zero-order valence-electron chi connectivity index (χ0n) is 10.5. The lowest BCUT2D eigenvalue weighted by molar-refractivity contribution is -0.187. The molecule has 0 aliphatic carbocycles. The Bertz CT molecular complexity index is 686. The Kier molecular flexibility index (Phi) is 2.96. The van der Waals surface area contributed by atoms with Crippen molar-refractivity contribution in [1.29, 1.82) is 0 Å². The molecule has 112 valence electrons. The SMILES string of the molecule is O=C(O)[C@@H]1CN(c2ncnc3[nH]ncc23)C[C@H]1C(F)(F)F. The van der Waals surface area contributed by atoms with Gasteiger partial charge in [0.1, 0.15) is 12.1 Å². The lowest BCUT2D eigenvalue weighted by Gasteiger charge is -2.19. The van der Waals surface area contributed by atoms with Crippen LogP contribution in [-0.2, 0) is 4.79 Å². The number of halogens is 3. The maximum atomic E-state index is 13.0. The van der Waals surface area contributed by atoms with Gasteiger partial charge in [-0.05, 0) is 0 Å². The minimum absolute atomic E-state index is 0.253. The maximum absolute atomic E-state index is 13.0. The number of hydrogen-bond donors (Lipinski definition) is 2. The first-order valence-corrected chi connectivity index (χ1v) is 6.06. The molecule has 0 spiro atoms. The Morgan fingerprint density at radius 1 is 1.38 bits per heavy atom. The van der Waals surface area contributed by atoms with Crippen molar-refractivity contribution in [2.24, 2.45) is 11.8 Å². The molecule has 2 aromatic heterocycles. The van der Waals surface area contributed by atoms with Crippen molar-refractivity contribution in [3.8, 4) is 0 Å². The standard InChI is InChI=1S/C11H10F3N5O2/c12-11(13,14)7-3-19(2-6(7)10(20)21)9-5-1-17-18-8(5)15-4-16-9/h1,4,6-7H,2-3H2,(H,20,21)(H,15,16,17,18)/t6-,7-/m1/s1. The monoisotopic (exact) mass is 301 g/mol. The summed E-state index contributed by atoms with van der Waals surface area (Å²) in [6.45, 7) is -0.700. The number of aliphatic carboxylic acids is 1. The minimum Gasteiger partial charge on any atom is -0.481 e. The van der Waals surface area contributed by atoms with Gasteiger partial charge in [-0.3, -0.25) is 9.89 Å². The Hall–Kier alpha value is -2.39. The van der Waals surface area contributed by atoms with Gasteiger partial charge in [-0.1, -0.05) is 0 Å². The summed E-state index contributed by atoms with van der Waals surface area (Å²) in [7, 11) is 0. The fourth-order valence-corrected chi connectivity index (χ4v) is 2.56. The predicted molar refractivity (Wildman–Crippen MR) is 64.6 cm³/mol. The lowest BCUT2D eigenvalue weighted by atomic mass is 9.96. The van der Waals surface area contributed by atoms with Gasteiger partial charge in [0, 0.05) is 13.1 Å². The van der Waals surface area contributed by atoms with E-state index in [9.17, 15) is 18.0 Å². The van der Waals surface area contributed by atoms with Crippen molar-refractivity contribution in [1.82, 2.24) is 20.2 Å². The highest BCUT2D eigenvalue weighted by Crippen LogP contribution is 2.39. The average molecular weight is 301 g/mol. The van der Waals surface area contributed by atoms with Gasteiger partial charge >= 0.3 is 12.1 Å². The minimum atomic E-state index is -4.57. The average Bonchev–Trinajstić information content (AvgIpc) is 3.04. The maximum Gasteiger partial charge on any atom is 0.394 e. The summed E-state index contributed by atoms with van der Waals surface area (Å²) in [5, 5.41) is 15.8. The number of nitrogens with zero attached hydrogens (tertiary/aromatic N) is 4. The Morgan fingerprint density at radius 3 is 2.76 bits per heavy atom. The summed E-state index contributed by atoms with van der Waals surface area (Å²) in [5.41, 5.74) is 0.391. The highest BCUT2D eigenvalue weighted by Gasteiger charge is 2.53. The number of alkyl halides is 3. The zero-order valence-corrected chi connectivity index (χ0v) is 10.5. The number of carbonyl (C=O) groups is 1. The summed E-state index contributed by atoms with van der Waals surface area (Å²) < 4.78 is 38.9. The number of anilines is 1. The van der Waals surface area contributed by atoms with Gasteiger partial charge < -0.3 is 10.0 Å². The van der Waals surface area contributed by atoms with E-state index in [1.165, 1.54) is 17.4 Å². The number of aromatic nitrogens is 4. The summed E-state index contributed by atoms with van der Waals surface area (Å²) in [5.74, 6) is -4.64. The van der Waals surface area contributed by atoms with E-state index >= 15 is 0 Å². The smallest absolute Gasteiger partial charge is 0.394 e. The molecule has 0 unspecified atom stereocenters. The van der Waals surface area contributed by atoms with Crippen LogP contribution < -0.4 is 4.90 Å². The molecule has 0 saturated carbocycles. The highest BCUT2D eigenvalue weighted by molar-refractivity contribution is 5.86. The molecular formula is C11H10F3N5O2. The molecule has 0 aromatic carbocycles. The van der Waals surface area contributed by atoms with Gasteiger partial charge in [-0.2, -0.15) is 18.3 Å². The first-order chi connectivity index (χ1) is 9.88. The molecule has 2 aromatic rings. The molecule has 1 fully saturated rings. The lowest BCUT2D eigenvalue weighted by Crippen LogP contribution is -2.33. The zero-order chi connectivity index (χ0) is 15.2. The molecule has 10 heteroatoms. The fraction of sp³-hybridized carbons (Fsp3) is 0.455. The van der Waals surface area contributed by atoms with Crippen LogP contribution in [0.2, 0.25) is 0 Å². The fourth-order valence-electron chi connectivity index (χ4n) is 2.56. The summed E-state index contributed by atoms with van der Waals surface area (Å²) >= 11 is 0. The normalized spacial score (nSPS) is 22.9. The molecule has 1 aliphatic heterocycles. The second-order valence-corrected chi connectivity index (χ2v) is 4.83. The van der Waals surface area contributed by atoms with Gasteiger partial charge in [-0.15, -0.1) is 0 Å². The second kappa shape index (κ2) is 4.57. The van der Waals surface area contributed by atoms with Crippen molar-refractivity contribution in [3.63, 3.8) is 0 Å². The van der Waals surface area contributed by atoms with Crippen molar-refractivity contribution in [3.05, 3.63) is 12.5 Å². The highest BCUT2D eigenvalue weighted by atomic mass is 19.4. The molecule has 2 N–H and O–H groups in total. The molecule has 3 heterocycles. The first-order valence-electron chi connectivity index (χ1n) is 6.06. The van der Waals surface area contributed by atoms with Crippen LogP contribution in [0.25, 0.3) is 11.0 Å². The summed E-state index contributed by atoms with van der Waals surface area (Å²) in [4.78, 5) is 20.3. The molecule has 1 aliphatic rings. The van der Waals surface area contributed by atoms with Crippen LogP contribution in [0.3, 0.4) is 0 Å². The molecule has 2 atom stereocenters. The number of aromatic amines is 1. The summed E-state index contributed by atoms with van der Waals surface area (Å²) in [6.07, 6.45) is -1.96. The van der Waals surface area contributed by atoms with Crippen LogP contribution in [0.5, 0.6) is 0 Å². The molecule has 0 bridgehead atoms. The van der Waals surface area contributed by atoms with Crippen molar-refractivity contribution in [2.75, 3.05) is 18.0 Å². The third kappa shape index (κ3) is 2.26. The number of H-pyrrole nitrogens is 1. The van der Waals surface area contributed by atoms with Crippen LogP contribution in [0.1, 0.15) is 0 Å². The van der Waals surface area contributed by atoms with E-state index in [2.05, 4.69) is 20.2 Å². The Labute approximate surface area is 115 Å². The largest absolute Gasteiger partial charge is 0.481 e. The first kappa shape index (κ1) is 13.6. The van der Waals surface area contributed by atoms with Gasteiger partial charge in [-0.25, -0.2) is 9.97 Å². The Balaban J connectivity index is 1.98. The van der Waals surface area contributed by atoms with E-state index < -0.39 is 30.5 Å². The topological polar surface area (TPSA) is 95.0 Å². The number of rotatable bonds is 2. The number of hydrogen-bond acceptors (Lipinski definition) is 5. The van der Waals surface area contributed by atoms with Gasteiger partial charge in [0.25, 0.3) is 0 Å². The van der Waals surface area contributed by atoms with Crippen molar-refractivity contribution < 1.29 is 23.1 Å². The van der Waals surface area contributed by atoms with Crippen molar-refractivity contribution in [2.45, 2.75) is 6.18 Å². The number of carboxylic acids is 1. The van der Waals surface area contributed by atoms with Gasteiger partial charge in [0.05, 0.1) is 23.4 Å². The van der Waals surface area contributed by atoms with Crippen LogP contribution in [0, 0.1) is 11.8 Å². The molecule has 0 radical (unpaired) electrons. The van der Waals surface area contributed by atoms with Crippen LogP contribution in [-0.4, -0.2) is 50.5 Å². The van der Waals surface area contributed by atoms with Gasteiger partial charge in [0.15, 0.2) is 5.65 Å². The number of nitrogens with one attached hydrogen (secondary N) is 1. The quantitative estimate of drug-likeness (QED) is 0.861. The number of fused-ring (bicyclic) bond motifs is 1.